The average molecular weight is 309 g/mol. The van der Waals surface area contributed by atoms with Gasteiger partial charge in [0.15, 0.2) is 11.6 Å². The van der Waals surface area contributed by atoms with Crippen LogP contribution in [0.1, 0.15) is 42.8 Å². The first-order chi connectivity index (χ1) is 9.80. The van der Waals surface area contributed by atoms with Crippen molar-refractivity contribution in [2.45, 2.75) is 38.0 Å². The molecule has 0 spiro atoms. The molecule has 0 aliphatic rings. The van der Waals surface area contributed by atoms with Crippen LogP contribution in [-0.2, 0) is 11.8 Å². The number of hydrogen-bond acceptors (Lipinski definition) is 0. The summed E-state index contributed by atoms with van der Waals surface area (Å²) in [6, 6.07) is 12.1. The van der Waals surface area contributed by atoms with Gasteiger partial charge in [-0.2, -0.15) is 0 Å². The highest BCUT2D eigenvalue weighted by Crippen LogP contribution is 2.34. The van der Waals surface area contributed by atoms with E-state index in [4.69, 9.17) is 11.6 Å². The molecule has 1 unspecified atom stereocenters. The molecule has 0 aromatic heterocycles. The molecular formula is C18H19ClF2. The van der Waals surface area contributed by atoms with Crippen LogP contribution in [0, 0.1) is 11.6 Å². The van der Waals surface area contributed by atoms with Gasteiger partial charge in [-0.3, -0.25) is 0 Å². The van der Waals surface area contributed by atoms with Gasteiger partial charge in [0.05, 0.1) is 5.38 Å². The zero-order valence-electron chi connectivity index (χ0n) is 12.5. The monoisotopic (exact) mass is 308 g/mol. The third kappa shape index (κ3) is 3.62. The number of rotatable bonds is 3. The van der Waals surface area contributed by atoms with Crippen LogP contribution >= 0.6 is 11.6 Å². The maximum Gasteiger partial charge on any atom is 0.162 e. The predicted octanol–water partition coefficient (Wildman–Crippen LogP) is 5.78. The molecule has 0 nitrogen and oxygen atoms in total. The molecule has 21 heavy (non-hydrogen) atoms. The summed E-state index contributed by atoms with van der Waals surface area (Å²) in [6.45, 7) is 6.33. The lowest BCUT2D eigenvalue weighted by molar-refractivity contribution is 0.497. The van der Waals surface area contributed by atoms with Gasteiger partial charge in [-0.15, -0.1) is 11.6 Å². The van der Waals surface area contributed by atoms with Crippen molar-refractivity contribution in [1.29, 1.82) is 0 Å². The van der Waals surface area contributed by atoms with Gasteiger partial charge < -0.3 is 0 Å². The van der Waals surface area contributed by atoms with Crippen LogP contribution in [0.5, 0.6) is 0 Å². The Morgan fingerprint density at radius 2 is 1.67 bits per heavy atom. The maximum absolute atomic E-state index is 13.8. The molecule has 0 aliphatic heterocycles. The number of hydrogen-bond donors (Lipinski definition) is 0. The molecule has 1 atom stereocenters. The summed E-state index contributed by atoms with van der Waals surface area (Å²) in [5.41, 5.74) is 2.35. The van der Waals surface area contributed by atoms with E-state index in [-0.39, 0.29) is 11.8 Å². The second kappa shape index (κ2) is 6.15. The lowest BCUT2D eigenvalue weighted by atomic mass is 9.82. The molecule has 0 amide bonds. The lowest BCUT2D eigenvalue weighted by Crippen LogP contribution is -2.15. The fraction of sp³-hybridized carbons (Fsp3) is 0.333. The minimum atomic E-state index is -0.833. The highest BCUT2D eigenvalue weighted by atomic mass is 35.5. The Bertz CT molecular complexity index is 629. The first-order valence-electron chi connectivity index (χ1n) is 6.97. The Morgan fingerprint density at radius 1 is 1.00 bits per heavy atom. The highest BCUT2D eigenvalue weighted by Gasteiger charge is 2.22. The Kier molecular flexibility index (Phi) is 4.67. The smallest absolute Gasteiger partial charge is 0.162 e. The summed E-state index contributed by atoms with van der Waals surface area (Å²) < 4.78 is 27.1. The average Bonchev–Trinajstić information content (AvgIpc) is 2.43. The van der Waals surface area contributed by atoms with E-state index in [2.05, 4.69) is 20.8 Å². The van der Waals surface area contributed by atoms with Crippen molar-refractivity contribution in [2.24, 2.45) is 0 Å². The van der Waals surface area contributed by atoms with E-state index >= 15 is 0 Å². The Hall–Kier alpha value is -1.41. The van der Waals surface area contributed by atoms with Crippen molar-refractivity contribution in [3.05, 3.63) is 70.8 Å². The fourth-order valence-electron chi connectivity index (χ4n) is 2.46. The minimum absolute atomic E-state index is 0.0514. The predicted molar refractivity (Wildman–Crippen MR) is 83.8 cm³/mol. The highest BCUT2D eigenvalue weighted by molar-refractivity contribution is 6.21. The molecule has 0 heterocycles. The summed E-state index contributed by atoms with van der Waals surface area (Å²) in [5.74, 6) is -1.64. The van der Waals surface area contributed by atoms with Crippen LogP contribution < -0.4 is 0 Å². The van der Waals surface area contributed by atoms with Gasteiger partial charge in [0.25, 0.3) is 0 Å². The van der Waals surface area contributed by atoms with Crippen LogP contribution in [-0.4, -0.2) is 0 Å². The van der Waals surface area contributed by atoms with Crippen molar-refractivity contribution in [3.63, 3.8) is 0 Å². The molecule has 2 aromatic rings. The van der Waals surface area contributed by atoms with E-state index in [1.165, 1.54) is 6.07 Å². The Labute approximate surface area is 129 Å². The Morgan fingerprint density at radius 3 is 2.33 bits per heavy atom. The first-order valence-corrected chi connectivity index (χ1v) is 7.40. The number of alkyl halides is 1. The number of halogens is 3. The van der Waals surface area contributed by atoms with Gasteiger partial charge in [0.1, 0.15) is 0 Å². The summed E-state index contributed by atoms with van der Waals surface area (Å²) in [4.78, 5) is 0. The second-order valence-electron chi connectivity index (χ2n) is 6.22. The van der Waals surface area contributed by atoms with Crippen LogP contribution in [0.4, 0.5) is 8.78 Å². The van der Waals surface area contributed by atoms with E-state index in [0.717, 1.165) is 17.2 Å². The van der Waals surface area contributed by atoms with E-state index in [1.54, 1.807) is 6.07 Å². The van der Waals surface area contributed by atoms with Gasteiger partial charge in [-0.05, 0) is 34.6 Å². The summed E-state index contributed by atoms with van der Waals surface area (Å²) >= 11 is 6.49. The standard InChI is InChI=1S/C18H19ClF2/c1-18(2,3)14-9-5-4-8-13(14)15(19)11-12-7-6-10-16(20)17(12)21/h4-10,15H,11H2,1-3H3. The number of benzene rings is 2. The minimum Gasteiger partial charge on any atom is -0.204 e. The molecule has 0 fully saturated rings. The zero-order chi connectivity index (χ0) is 15.6. The second-order valence-corrected chi connectivity index (χ2v) is 6.75. The topological polar surface area (TPSA) is 0 Å². The van der Waals surface area contributed by atoms with Crippen molar-refractivity contribution in [2.75, 3.05) is 0 Å². The van der Waals surface area contributed by atoms with Gasteiger partial charge in [0, 0.05) is 0 Å². The van der Waals surface area contributed by atoms with Crippen molar-refractivity contribution in [1.82, 2.24) is 0 Å². The molecule has 0 radical (unpaired) electrons. The fourth-order valence-corrected chi connectivity index (χ4v) is 2.82. The van der Waals surface area contributed by atoms with Crippen LogP contribution in [0.3, 0.4) is 0 Å². The molecule has 112 valence electrons. The van der Waals surface area contributed by atoms with E-state index in [1.807, 2.05) is 24.3 Å². The van der Waals surface area contributed by atoms with Crippen LogP contribution in [0.2, 0.25) is 0 Å². The molecule has 0 saturated carbocycles. The first kappa shape index (κ1) is 16.0. The third-order valence-corrected chi connectivity index (χ3v) is 3.93. The molecule has 3 heteroatoms. The summed E-state index contributed by atoms with van der Waals surface area (Å²) in [5, 5.41) is -0.392. The maximum atomic E-state index is 13.8. The van der Waals surface area contributed by atoms with Gasteiger partial charge in [-0.25, -0.2) is 8.78 Å². The van der Waals surface area contributed by atoms with Gasteiger partial charge >= 0.3 is 0 Å². The molecule has 2 rings (SSSR count). The van der Waals surface area contributed by atoms with Crippen molar-refractivity contribution in [3.8, 4) is 0 Å². The van der Waals surface area contributed by atoms with E-state index in [9.17, 15) is 8.78 Å². The SMILES string of the molecule is CC(C)(C)c1ccccc1C(Cl)Cc1cccc(F)c1F. The van der Waals surface area contributed by atoms with E-state index < -0.39 is 17.0 Å². The largest absolute Gasteiger partial charge is 0.204 e. The van der Waals surface area contributed by atoms with Crippen molar-refractivity contribution >= 4 is 11.6 Å². The van der Waals surface area contributed by atoms with E-state index in [0.29, 0.717) is 5.56 Å². The molecular weight excluding hydrogens is 290 g/mol. The van der Waals surface area contributed by atoms with Crippen LogP contribution in [0.15, 0.2) is 42.5 Å². The molecule has 0 aliphatic carbocycles. The van der Waals surface area contributed by atoms with Gasteiger partial charge in [-0.1, -0.05) is 57.2 Å². The Balaban J connectivity index is 2.33. The molecule has 0 N–H and O–H groups in total. The molecule has 0 saturated heterocycles. The van der Waals surface area contributed by atoms with Crippen molar-refractivity contribution < 1.29 is 8.78 Å². The molecule has 2 aromatic carbocycles. The summed E-state index contributed by atoms with van der Waals surface area (Å²) in [7, 11) is 0. The lowest BCUT2D eigenvalue weighted by Gasteiger charge is -2.25. The zero-order valence-corrected chi connectivity index (χ0v) is 13.2. The third-order valence-electron chi connectivity index (χ3n) is 3.54. The van der Waals surface area contributed by atoms with Crippen LogP contribution in [0.25, 0.3) is 0 Å². The van der Waals surface area contributed by atoms with Gasteiger partial charge in [0.2, 0.25) is 0 Å². The normalized spacial score (nSPS) is 13.2. The quantitative estimate of drug-likeness (QED) is 0.630. The molecule has 0 bridgehead atoms. The summed E-state index contributed by atoms with van der Waals surface area (Å²) in [6.07, 6.45) is 0.262.